The van der Waals surface area contributed by atoms with Crippen molar-refractivity contribution in [2.75, 3.05) is 0 Å². The maximum atomic E-state index is 2.56. The van der Waals surface area contributed by atoms with Crippen molar-refractivity contribution in [2.45, 2.75) is 33.4 Å². The van der Waals surface area contributed by atoms with Crippen LogP contribution in [0.1, 0.15) is 26.7 Å². The SMILES string of the molecule is CC1C[C](C)([Zr][CH]2C=CC=C2)C2=CC=CCC21. The van der Waals surface area contributed by atoms with Crippen LogP contribution in [0.25, 0.3) is 0 Å². The summed E-state index contributed by atoms with van der Waals surface area (Å²) in [6, 6.07) is 0. The van der Waals surface area contributed by atoms with Gasteiger partial charge in [-0.3, -0.25) is 0 Å². The van der Waals surface area contributed by atoms with Gasteiger partial charge in [-0.25, -0.2) is 0 Å². The molecule has 1 heteroatoms. The van der Waals surface area contributed by atoms with E-state index in [2.05, 4.69) is 56.4 Å². The Bertz CT molecular complexity index is 415. The molecule has 88 valence electrons. The van der Waals surface area contributed by atoms with E-state index in [0.29, 0.717) is 3.12 Å². The van der Waals surface area contributed by atoms with Gasteiger partial charge in [0.25, 0.3) is 0 Å². The minimum atomic E-state index is -0.419. The van der Waals surface area contributed by atoms with Crippen molar-refractivity contribution in [3.63, 3.8) is 0 Å². The van der Waals surface area contributed by atoms with E-state index in [1.807, 2.05) is 0 Å². The molecule has 0 radical (unpaired) electrons. The van der Waals surface area contributed by atoms with Crippen LogP contribution in [0.15, 0.2) is 48.1 Å². The van der Waals surface area contributed by atoms with E-state index in [-0.39, 0.29) is 0 Å². The van der Waals surface area contributed by atoms with Crippen molar-refractivity contribution >= 4 is 0 Å². The zero-order valence-corrected chi connectivity index (χ0v) is 13.1. The van der Waals surface area contributed by atoms with Crippen LogP contribution < -0.4 is 0 Å². The third kappa shape index (κ3) is 2.12. The molecule has 0 aromatic rings. The first-order chi connectivity index (χ1) is 8.19. The van der Waals surface area contributed by atoms with E-state index < -0.39 is 23.2 Å². The van der Waals surface area contributed by atoms with Gasteiger partial charge in [0.2, 0.25) is 0 Å². The van der Waals surface area contributed by atoms with Gasteiger partial charge in [-0.2, -0.15) is 0 Å². The maximum absolute atomic E-state index is 2.56. The van der Waals surface area contributed by atoms with Crippen LogP contribution in [-0.4, -0.2) is 0 Å². The molecule has 0 heterocycles. The summed E-state index contributed by atoms with van der Waals surface area (Å²) >= 11 is -0.419. The molecule has 0 nitrogen and oxygen atoms in total. The molecule has 0 saturated heterocycles. The third-order valence-corrected chi connectivity index (χ3v) is 9.03. The summed E-state index contributed by atoms with van der Waals surface area (Å²) in [6.07, 6.45) is 19.1. The molecule has 3 aliphatic carbocycles. The summed E-state index contributed by atoms with van der Waals surface area (Å²) in [6.45, 7) is 5.02. The van der Waals surface area contributed by atoms with Gasteiger partial charge in [-0.15, -0.1) is 0 Å². The Kier molecular flexibility index (Phi) is 3.15. The fraction of sp³-hybridized carbons (Fsp3) is 0.500. The van der Waals surface area contributed by atoms with Gasteiger partial charge >= 0.3 is 117 Å². The first kappa shape index (κ1) is 11.9. The Balaban J connectivity index is 1.85. The van der Waals surface area contributed by atoms with Crippen LogP contribution in [0, 0.1) is 11.8 Å². The fourth-order valence-electron chi connectivity index (χ4n) is 3.72. The van der Waals surface area contributed by atoms with Crippen molar-refractivity contribution in [1.82, 2.24) is 0 Å². The summed E-state index contributed by atoms with van der Waals surface area (Å²) in [7, 11) is 0. The molecule has 0 aromatic heterocycles. The van der Waals surface area contributed by atoms with Crippen LogP contribution in [0.3, 0.4) is 0 Å². The summed E-state index contributed by atoms with van der Waals surface area (Å²) in [5.74, 6) is 1.76. The van der Waals surface area contributed by atoms with E-state index >= 15 is 0 Å². The number of hydrogen-bond acceptors (Lipinski definition) is 0. The molecule has 0 spiro atoms. The van der Waals surface area contributed by atoms with Gasteiger partial charge in [-0.1, -0.05) is 0 Å². The van der Waals surface area contributed by atoms with Crippen LogP contribution in [0.5, 0.6) is 0 Å². The van der Waals surface area contributed by atoms with Gasteiger partial charge < -0.3 is 0 Å². The first-order valence-corrected chi connectivity index (χ1v) is 9.34. The zero-order valence-electron chi connectivity index (χ0n) is 10.7. The fourth-order valence-corrected chi connectivity index (χ4v) is 8.70. The second-order valence-corrected chi connectivity index (χ2v) is 10.9. The van der Waals surface area contributed by atoms with Crippen LogP contribution >= 0.6 is 0 Å². The van der Waals surface area contributed by atoms with E-state index in [1.54, 1.807) is 5.57 Å². The number of rotatable bonds is 2. The van der Waals surface area contributed by atoms with Crippen molar-refractivity contribution < 1.29 is 23.2 Å². The standard InChI is InChI=1S/C11H15.C5H5.Zr/c1-8-7-9(2)11-6-4-3-5-10(8)11;1-2-4-5-3-1;/h3-5,9,11H,6-7H2,1-2H3;1-5H;. The van der Waals surface area contributed by atoms with E-state index in [0.717, 1.165) is 15.5 Å². The average molecular weight is 304 g/mol. The van der Waals surface area contributed by atoms with Gasteiger partial charge in [0.15, 0.2) is 0 Å². The monoisotopic (exact) mass is 302 g/mol. The molecule has 3 atom stereocenters. The summed E-state index contributed by atoms with van der Waals surface area (Å²) in [4.78, 5) is 0. The predicted octanol–water partition coefficient (Wildman–Crippen LogP) is 4.70. The molecule has 0 N–H and O–H groups in total. The Labute approximate surface area is 116 Å². The van der Waals surface area contributed by atoms with Crippen molar-refractivity contribution in [2.24, 2.45) is 11.8 Å². The number of fused-ring (bicyclic) bond motifs is 1. The van der Waals surface area contributed by atoms with Gasteiger partial charge in [0.05, 0.1) is 0 Å². The molecule has 0 aromatic carbocycles. The van der Waals surface area contributed by atoms with Crippen molar-refractivity contribution in [1.29, 1.82) is 0 Å². The van der Waals surface area contributed by atoms with E-state index in [1.165, 1.54) is 12.8 Å². The Morgan fingerprint density at radius 2 is 2.00 bits per heavy atom. The van der Waals surface area contributed by atoms with Crippen LogP contribution in [0.2, 0.25) is 6.75 Å². The summed E-state index contributed by atoms with van der Waals surface area (Å²) in [5, 5.41) is 0. The molecule has 3 rings (SSSR count). The van der Waals surface area contributed by atoms with Gasteiger partial charge in [0, 0.05) is 0 Å². The topological polar surface area (TPSA) is 0 Å². The molecule has 1 saturated carbocycles. The molecule has 1 fully saturated rings. The number of hydrogen-bond donors (Lipinski definition) is 0. The van der Waals surface area contributed by atoms with Crippen molar-refractivity contribution in [3.05, 3.63) is 48.1 Å². The van der Waals surface area contributed by atoms with Crippen molar-refractivity contribution in [3.8, 4) is 0 Å². The third-order valence-electron chi connectivity index (χ3n) is 4.49. The first-order valence-electron chi connectivity index (χ1n) is 6.69. The normalized spacial score (nSPS) is 39.5. The van der Waals surface area contributed by atoms with Gasteiger partial charge in [0.1, 0.15) is 0 Å². The summed E-state index contributed by atoms with van der Waals surface area (Å²) < 4.78 is 1.43. The Morgan fingerprint density at radius 3 is 2.76 bits per heavy atom. The number of allylic oxidation sites excluding steroid dienone is 8. The van der Waals surface area contributed by atoms with Crippen LogP contribution in [-0.2, 0) is 23.2 Å². The van der Waals surface area contributed by atoms with E-state index in [4.69, 9.17) is 0 Å². The Hall–Kier alpha value is -0.157. The molecule has 0 aliphatic heterocycles. The predicted molar refractivity (Wildman–Crippen MR) is 69.5 cm³/mol. The second-order valence-electron chi connectivity index (χ2n) is 5.85. The second kappa shape index (κ2) is 4.50. The molecule has 3 unspecified atom stereocenters. The average Bonchev–Trinajstić information content (AvgIpc) is 2.89. The molecule has 0 bridgehead atoms. The zero-order chi connectivity index (χ0) is 11.9. The molecular weight excluding hydrogens is 283 g/mol. The molecule has 0 amide bonds. The quantitative estimate of drug-likeness (QED) is 0.693. The van der Waals surface area contributed by atoms with Crippen LogP contribution in [0.4, 0.5) is 0 Å². The van der Waals surface area contributed by atoms with E-state index in [9.17, 15) is 0 Å². The molecule has 17 heavy (non-hydrogen) atoms. The molecule has 3 aliphatic rings. The molecular formula is C16H20Zr. The van der Waals surface area contributed by atoms with Gasteiger partial charge in [-0.05, 0) is 0 Å². The summed E-state index contributed by atoms with van der Waals surface area (Å²) in [5.41, 5.74) is 1.80. The minimum absolute atomic E-state index is 0.419. The Morgan fingerprint density at radius 1 is 1.24 bits per heavy atom.